The number of nitrogens with zero attached hydrogens (tertiary/aromatic N) is 2. The largest absolute Gasteiger partial charge is 0.439 e. The Hall–Kier alpha value is -3.59. The molecule has 0 radical (unpaired) electrons. The number of aromatic nitrogens is 1. The molecule has 5 nitrogen and oxygen atoms in total. The van der Waals surface area contributed by atoms with E-state index in [0.717, 1.165) is 0 Å². The number of fused-ring (bicyclic) bond motifs is 3. The van der Waals surface area contributed by atoms with Gasteiger partial charge in [-0.2, -0.15) is 5.26 Å². The van der Waals surface area contributed by atoms with Gasteiger partial charge in [0.2, 0.25) is 5.88 Å². The summed E-state index contributed by atoms with van der Waals surface area (Å²) in [6.45, 7) is 0. The van der Waals surface area contributed by atoms with E-state index in [1.54, 1.807) is 19.2 Å². The van der Waals surface area contributed by atoms with Crippen molar-refractivity contribution in [2.24, 2.45) is 12.8 Å². The third-order valence-electron chi connectivity index (χ3n) is 4.65. The van der Waals surface area contributed by atoms with Crippen LogP contribution in [0.4, 0.5) is 4.39 Å². The van der Waals surface area contributed by atoms with E-state index in [0.29, 0.717) is 22.2 Å². The molecule has 4 rings (SSSR count). The Balaban J connectivity index is 2.14. The molecule has 1 aliphatic rings. The number of halogens is 1. The lowest BCUT2D eigenvalue weighted by molar-refractivity contribution is 0.395. The average molecular weight is 347 g/mol. The number of rotatable bonds is 1. The predicted molar refractivity (Wildman–Crippen MR) is 94.9 cm³/mol. The summed E-state index contributed by atoms with van der Waals surface area (Å²) in [5.41, 5.74) is 7.20. The van der Waals surface area contributed by atoms with Gasteiger partial charge in [-0.1, -0.05) is 24.3 Å². The van der Waals surface area contributed by atoms with Crippen molar-refractivity contribution in [1.82, 2.24) is 4.57 Å². The van der Waals surface area contributed by atoms with Crippen LogP contribution < -0.4 is 16.0 Å². The number of hydrogen-bond donors (Lipinski definition) is 1. The molecule has 0 aliphatic carbocycles. The van der Waals surface area contributed by atoms with Crippen LogP contribution in [0.2, 0.25) is 0 Å². The summed E-state index contributed by atoms with van der Waals surface area (Å²) in [6.07, 6.45) is 0. The SMILES string of the molecule is Cn1c(=O)c2c(c3ccccc31)OC(N)=C(C#N)C2c1cccc(F)c1. The summed E-state index contributed by atoms with van der Waals surface area (Å²) in [7, 11) is 1.65. The maximum atomic E-state index is 13.8. The van der Waals surface area contributed by atoms with Crippen molar-refractivity contribution in [3.63, 3.8) is 0 Å². The van der Waals surface area contributed by atoms with Crippen molar-refractivity contribution in [3.8, 4) is 11.8 Å². The normalized spacial score (nSPS) is 16.1. The molecule has 1 unspecified atom stereocenters. The number of pyridine rings is 1. The molecule has 3 aromatic rings. The second-order valence-corrected chi connectivity index (χ2v) is 6.10. The first-order valence-corrected chi connectivity index (χ1v) is 7.97. The molecule has 0 saturated carbocycles. The van der Waals surface area contributed by atoms with Crippen LogP contribution >= 0.6 is 0 Å². The second kappa shape index (κ2) is 5.74. The van der Waals surface area contributed by atoms with Crippen molar-refractivity contribution >= 4 is 10.9 Å². The maximum absolute atomic E-state index is 13.8. The highest BCUT2D eigenvalue weighted by atomic mass is 19.1. The summed E-state index contributed by atoms with van der Waals surface area (Å²) < 4.78 is 21.0. The van der Waals surface area contributed by atoms with E-state index in [2.05, 4.69) is 0 Å². The Morgan fingerprint density at radius 3 is 2.73 bits per heavy atom. The summed E-state index contributed by atoms with van der Waals surface area (Å²) in [4.78, 5) is 13.1. The predicted octanol–water partition coefficient (Wildman–Crippen LogP) is 2.90. The molecular formula is C20H14FN3O2. The molecule has 128 valence electrons. The van der Waals surface area contributed by atoms with Crippen LogP contribution in [-0.2, 0) is 7.05 Å². The van der Waals surface area contributed by atoms with Gasteiger partial charge in [-0.3, -0.25) is 4.79 Å². The smallest absolute Gasteiger partial charge is 0.258 e. The van der Waals surface area contributed by atoms with E-state index >= 15 is 0 Å². The van der Waals surface area contributed by atoms with Crippen LogP contribution in [0, 0.1) is 17.1 Å². The Labute approximate surface area is 148 Å². The summed E-state index contributed by atoms with van der Waals surface area (Å²) in [6, 6.07) is 15.1. The molecule has 1 aromatic heterocycles. The minimum absolute atomic E-state index is 0.0762. The molecule has 0 spiro atoms. The van der Waals surface area contributed by atoms with Crippen molar-refractivity contribution < 1.29 is 9.13 Å². The standard InChI is InChI=1S/C20H14FN3O2/c1-24-15-8-3-2-7-13(15)18-17(20(24)25)16(14(10-22)19(23)26-18)11-5-4-6-12(21)9-11/h2-9,16H,23H2,1H3. The first-order chi connectivity index (χ1) is 12.5. The van der Waals surface area contributed by atoms with Crippen LogP contribution in [0.25, 0.3) is 10.9 Å². The molecule has 6 heteroatoms. The lowest BCUT2D eigenvalue weighted by Crippen LogP contribution is -2.31. The summed E-state index contributed by atoms with van der Waals surface area (Å²) >= 11 is 0. The molecular weight excluding hydrogens is 333 g/mol. The fourth-order valence-corrected chi connectivity index (χ4v) is 3.45. The monoisotopic (exact) mass is 347 g/mol. The molecule has 2 aromatic carbocycles. The number of hydrogen-bond acceptors (Lipinski definition) is 4. The first kappa shape index (κ1) is 15.9. The van der Waals surface area contributed by atoms with Gasteiger partial charge in [0, 0.05) is 12.4 Å². The second-order valence-electron chi connectivity index (χ2n) is 6.10. The van der Waals surface area contributed by atoms with E-state index in [1.165, 1.54) is 22.8 Å². The van der Waals surface area contributed by atoms with Gasteiger partial charge in [0.15, 0.2) is 0 Å². The number of nitriles is 1. The highest BCUT2D eigenvalue weighted by Crippen LogP contribution is 2.43. The molecule has 2 heterocycles. The lowest BCUT2D eigenvalue weighted by Gasteiger charge is -2.27. The maximum Gasteiger partial charge on any atom is 0.258 e. The quantitative estimate of drug-likeness (QED) is 0.734. The molecule has 0 bridgehead atoms. The van der Waals surface area contributed by atoms with Crippen LogP contribution in [0.3, 0.4) is 0 Å². The van der Waals surface area contributed by atoms with Crippen LogP contribution in [-0.4, -0.2) is 4.57 Å². The number of para-hydroxylation sites is 1. The number of ether oxygens (including phenoxy) is 1. The van der Waals surface area contributed by atoms with Gasteiger partial charge in [0.1, 0.15) is 23.2 Å². The van der Waals surface area contributed by atoms with E-state index in [4.69, 9.17) is 10.5 Å². The molecule has 0 saturated heterocycles. The number of allylic oxidation sites excluding steroid dienone is 1. The summed E-state index contributed by atoms with van der Waals surface area (Å²) in [5.74, 6) is -1.01. The van der Waals surface area contributed by atoms with Crippen LogP contribution in [0.5, 0.6) is 5.75 Å². The molecule has 1 atom stereocenters. The molecule has 26 heavy (non-hydrogen) atoms. The van der Waals surface area contributed by atoms with Crippen molar-refractivity contribution in [2.75, 3.05) is 0 Å². The molecule has 2 N–H and O–H groups in total. The van der Waals surface area contributed by atoms with Crippen molar-refractivity contribution in [2.45, 2.75) is 5.92 Å². The van der Waals surface area contributed by atoms with Crippen molar-refractivity contribution in [3.05, 3.63) is 87.3 Å². The van der Waals surface area contributed by atoms with Gasteiger partial charge in [-0.25, -0.2) is 4.39 Å². The van der Waals surface area contributed by atoms with Gasteiger partial charge in [0.05, 0.1) is 17.0 Å². The van der Waals surface area contributed by atoms with Gasteiger partial charge in [-0.15, -0.1) is 0 Å². The Morgan fingerprint density at radius 2 is 2.00 bits per heavy atom. The lowest BCUT2D eigenvalue weighted by atomic mass is 9.83. The van der Waals surface area contributed by atoms with Crippen LogP contribution in [0.15, 0.2) is 64.8 Å². The minimum Gasteiger partial charge on any atom is -0.439 e. The van der Waals surface area contributed by atoms with E-state index in [9.17, 15) is 14.4 Å². The number of nitrogens with two attached hydrogens (primary N) is 1. The Kier molecular flexibility index (Phi) is 3.51. The van der Waals surface area contributed by atoms with Gasteiger partial charge >= 0.3 is 0 Å². The Bertz CT molecular complexity index is 1190. The molecule has 0 amide bonds. The fraction of sp³-hybridized carbons (Fsp3) is 0.100. The van der Waals surface area contributed by atoms with Crippen molar-refractivity contribution in [1.29, 1.82) is 5.26 Å². The Morgan fingerprint density at radius 1 is 1.23 bits per heavy atom. The average Bonchev–Trinajstić information content (AvgIpc) is 2.65. The van der Waals surface area contributed by atoms with Crippen LogP contribution in [0.1, 0.15) is 17.0 Å². The highest BCUT2D eigenvalue weighted by molar-refractivity contribution is 5.88. The van der Waals surface area contributed by atoms with E-state index < -0.39 is 11.7 Å². The molecule has 0 fully saturated rings. The van der Waals surface area contributed by atoms with Gasteiger partial charge < -0.3 is 15.0 Å². The zero-order valence-electron chi connectivity index (χ0n) is 13.9. The van der Waals surface area contributed by atoms with E-state index in [-0.39, 0.29) is 22.6 Å². The summed E-state index contributed by atoms with van der Waals surface area (Å²) in [5, 5.41) is 10.3. The number of benzene rings is 2. The zero-order valence-corrected chi connectivity index (χ0v) is 13.9. The van der Waals surface area contributed by atoms with E-state index in [1.807, 2.05) is 24.3 Å². The van der Waals surface area contributed by atoms with Gasteiger partial charge in [-0.05, 0) is 29.8 Å². The van der Waals surface area contributed by atoms with Gasteiger partial charge in [0.25, 0.3) is 5.56 Å². The first-order valence-electron chi connectivity index (χ1n) is 7.97. The third kappa shape index (κ3) is 2.18. The topological polar surface area (TPSA) is 81.0 Å². The fourth-order valence-electron chi connectivity index (χ4n) is 3.45. The highest BCUT2D eigenvalue weighted by Gasteiger charge is 2.35. The minimum atomic E-state index is -0.789. The third-order valence-corrected chi connectivity index (χ3v) is 4.65. The molecule has 1 aliphatic heterocycles. The zero-order chi connectivity index (χ0) is 18.4. The number of aryl methyl sites for hydroxylation is 1.